The van der Waals surface area contributed by atoms with Crippen LogP contribution < -0.4 is 10.1 Å². The van der Waals surface area contributed by atoms with E-state index in [-0.39, 0.29) is 5.75 Å². The van der Waals surface area contributed by atoms with Crippen LogP contribution in [0.3, 0.4) is 0 Å². The van der Waals surface area contributed by atoms with Gasteiger partial charge in [-0.2, -0.15) is 5.26 Å². The molecule has 4 heteroatoms. The van der Waals surface area contributed by atoms with Gasteiger partial charge >= 0.3 is 0 Å². The van der Waals surface area contributed by atoms with Crippen LogP contribution in [-0.2, 0) is 0 Å². The number of hydrogen-bond donors (Lipinski definition) is 2. The Bertz CT molecular complexity index is 647. The van der Waals surface area contributed by atoms with Gasteiger partial charge < -0.3 is 15.2 Å². The van der Waals surface area contributed by atoms with Crippen molar-refractivity contribution in [2.75, 3.05) is 12.4 Å². The molecule has 2 aromatic carbocycles. The van der Waals surface area contributed by atoms with Crippen LogP contribution in [0.15, 0.2) is 42.5 Å². The van der Waals surface area contributed by atoms with Gasteiger partial charge in [0.15, 0.2) is 11.5 Å². The molecule has 2 rings (SSSR count). The van der Waals surface area contributed by atoms with Gasteiger partial charge in [-0.3, -0.25) is 0 Å². The fraction of sp³-hybridized carbons (Fsp3) is 0.188. The van der Waals surface area contributed by atoms with E-state index in [1.54, 1.807) is 12.1 Å². The van der Waals surface area contributed by atoms with E-state index in [4.69, 9.17) is 4.74 Å². The second-order valence-corrected chi connectivity index (χ2v) is 4.51. The summed E-state index contributed by atoms with van der Waals surface area (Å²) >= 11 is 0. The van der Waals surface area contributed by atoms with Crippen LogP contribution in [0.25, 0.3) is 0 Å². The molecule has 0 saturated heterocycles. The SMILES string of the molecule is COc1cc(C(C#N)Nc2cccc(C)c2)ccc1O. The molecule has 0 bridgehead atoms. The lowest BCUT2D eigenvalue weighted by Crippen LogP contribution is -2.08. The number of aryl methyl sites for hydroxylation is 1. The van der Waals surface area contributed by atoms with Crippen LogP contribution in [0, 0.1) is 18.3 Å². The summed E-state index contributed by atoms with van der Waals surface area (Å²) in [5.74, 6) is 0.414. The lowest BCUT2D eigenvalue weighted by Gasteiger charge is -2.15. The third kappa shape index (κ3) is 3.01. The molecule has 2 N–H and O–H groups in total. The number of nitriles is 1. The Morgan fingerprint density at radius 1 is 1.25 bits per heavy atom. The molecule has 0 aliphatic heterocycles. The van der Waals surface area contributed by atoms with Gasteiger partial charge in [0.05, 0.1) is 13.2 Å². The lowest BCUT2D eigenvalue weighted by atomic mass is 10.1. The molecule has 0 amide bonds. The smallest absolute Gasteiger partial charge is 0.160 e. The van der Waals surface area contributed by atoms with Crippen molar-refractivity contribution in [2.24, 2.45) is 0 Å². The average Bonchev–Trinajstić information content (AvgIpc) is 2.45. The summed E-state index contributed by atoms with van der Waals surface area (Å²) in [6.07, 6.45) is 0. The fourth-order valence-electron chi connectivity index (χ4n) is 1.97. The maximum Gasteiger partial charge on any atom is 0.160 e. The van der Waals surface area contributed by atoms with Crippen molar-refractivity contribution in [2.45, 2.75) is 13.0 Å². The predicted octanol–water partition coefficient (Wildman–Crippen LogP) is 3.39. The van der Waals surface area contributed by atoms with Gasteiger partial charge in [0.1, 0.15) is 6.04 Å². The van der Waals surface area contributed by atoms with E-state index in [1.807, 2.05) is 31.2 Å². The number of phenols is 1. The Labute approximate surface area is 118 Å². The Kier molecular flexibility index (Phi) is 4.11. The average molecular weight is 268 g/mol. The van der Waals surface area contributed by atoms with Crippen molar-refractivity contribution in [1.29, 1.82) is 5.26 Å². The Hall–Kier alpha value is -2.67. The lowest BCUT2D eigenvalue weighted by molar-refractivity contribution is 0.373. The normalized spacial score (nSPS) is 11.4. The van der Waals surface area contributed by atoms with Crippen molar-refractivity contribution >= 4 is 5.69 Å². The number of benzene rings is 2. The molecule has 0 aliphatic carbocycles. The number of nitrogens with zero attached hydrogens (tertiary/aromatic N) is 1. The third-order valence-corrected chi connectivity index (χ3v) is 3.00. The first-order valence-electron chi connectivity index (χ1n) is 6.24. The van der Waals surface area contributed by atoms with Crippen LogP contribution in [0.5, 0.6) is 11.5 Å². The van der Waals surface area contributed by atoms with E-state index < -0.39 is 6.04 Å². The Morgan fingerprint density at radius 2 is 2.05 bits per heavy atom. The van der Waals surface area contributed by atoms with Crippen molar-refractivity contribution in [1.82, 2.24) is 0 Å². The number of aromatic hydroxyl groups is 1. The summed E-state index contributed by atoms with van der Waals surface area (Å²) in [4.78, 5) is 0. The van der Waals surface area contributed by atoms with Gasteiger partial charge in [-0.1, -0.05) is 18.2 Å². The number of hydrogen-bond acceptors (Lipinski definition) is 4. The summed E-state index contributed by atoms with van der Waals surface area (Å²) in [5, 5.41) is 22.1. The summed E-state index contributed by atoms with van der Waals surface area (Å²) in [6, 6.07) is 14.4. The number of ether oxygens (including phenoxy) is 1. The van der Waals surface area contributed by atoms with Crippen LogP contribution in [0.2, 0.25) is 0 Å². The van der Waals surface area contributed by atoms with Crippen molar-refractivity contribution in [3.63, 3.8) is 0 Å². The molecule has 0 heterocycles. The zero-order chi connectivity index (χ0) is 14.5. The van der Waals surface area contributed by atoms with Gasteiger partial charge in [0.25, 0.3) is 0 Å². The maximum absolute atomic E-state index is 9.59. The highest BCUT2D eigenvalue weighted by atomic mass is 16.5. The van der Waals surface area contributed by atoms with Gasteiger partial charge in [0.2, 0.25) is 0 Å². The molecular formula is C16H16N2O2. The molecule has 20 heavy (non-hydrogen) atoms. The van der Waals surface area contributed by atoms with Gasteiger partial charge in [-0.25, -0.2) is 0 Å². The zero-order valence-electron chi connectivity index (χ0n) is 11.4. The van der Waals surface area contributed by atoms with Crippen molar-refractivity contribution in [3.05, 3.63) is 53.6 Å². The topological polar surface area (TPSA) is 65.3 Å². The van der Waals surface area contributed by atoms with Gasteiger partial charge in [-0.15, -0.1) is 0 Å². The van der Waals surface area contributed by atoms with Crippen molar-refractivity contribution in [3.8, 4) is 17.6 Å². The van der Waals surface area contributed by atoms with Gasteiger partial charge in [-0.05, 0) is 42.3 Å². The molecule has 0 radical (unpaired) electrons. The molecule has 0 aliphatic rings. The number of nitrogens with one attached hydrogen (secondary N) is 1. The Balaban J connectivity index is 2.27. The van der Waals surface area contributed by atoms with Crippen LogP contribution in [0.4, 0.5) is 5.69 Å². The molecule has 0 fully saturated rings. The highest BCUT2D eigenvalue weighted by molar-refractivity contribution is 5.51. The molecular weight excluding hydrogens is 252 g/mol. The first-order chi connectivity index (χ1) is 9.63. The molecule has 2 aromatic rings. The summed E-state index contributed by atoms with van der Waals surface area (Å²) < 4.78 is 5.06. The monoisotopic (exact) mass is 268 g/mol. The summed E-state index contributed by atoms with van der Waals surface area (Å²) in [5.41, 5.74) is 2.74. The standard InChI is InChI=1S/C16H16N2O2/c1-11-4-3-5-13(8-11)18-14(10-17)12-6-7-15(19)16(9-12)20-2/h3-9,14,18-19H,1-2H3. The second-order valence-electron chi connectivity index (χ2n) is 4.51. The second kappa shape index (κ2) is 5.98. The number of phenolic OH excluding ortho intramolecular Hbond substituents is 1. The van der Waals surface area contributed by atoms with Crippen molar-refractivity contribution < 1.29 is 9.84 Å². The van der Waals surface area contributed by atoms with Crippen LogP contribution in [0.1, 0.15) is 17.2 Å². The summed E-state index contributed by atoms with van der Waals surface area (Å²) in [6.45, 7) is 2.00. The maximum atomic E-state index is 9.59. The van der Waals surface area contributed by atoms with E-state index in [2.05, 4.69) is 11.4 Å². The van der Waals surface area contributed by atoms with Gasteiger partial charge in [0, 0.05) is 5.69 Å². The zero-order valence-corrected chi connectivity index (χ0v) is 11.4. The van der Waals surface area contributed by atoms with E-state index in [1.165, 1.54) is 13.2 Å². The molecule has 4 nitrogen and oxygen atoms in total. The number of methoxy groups -OCH3 is 1. The number of rotatable bonds is 4. The highest BCUT2D eigenvalue weighted by Crippen LogP contribution is 2.30. The third-order valence-electron chi connectivity index (χ3n) is 3.00. The van der Waals surface area contributed by atoms with E-state index in [9.17, 15) is 10.4 Å². The van der Waals surface area contributed by atoms with Crippen LogP contribution in [-0.4, -0.2) is 12.2 Å². The van der Waals surface area contributed by atoms with E-state index >= 15 is 0 Å². The number of anilines is 1. The van der Waals surface area contributed by atoms with E-state index in [0.717, 1.165) is 16.8 Å². The fourth-order valence-corrected chi connectivity index (χ4v) is 1.97. The largest absolute Gasteiger partial charge is 0.504 e. The molecule has 0 spiro atoms. The minimum Gasteiger partial charge on any atom is -0.504 e. The minimum atomic E-state index is -0.508. The predicted molar refractivity (Wildman–Crippen MR) is 77.8 cm³/mol. The highest BCUT2D eigenvalue weighted by Gasteiger charge is 2.13. The first kappa shape index (κ1) is 13.8. The molecule has 102 valence electrons. The molecule has 1 atom stereocenters. The molecule has 0 aromatic heterocycles. The van der Waals surface area contributed by atoms with E-state index in [0.29, 0.717) is 5.75 Å². The van der Waals surface area contributed by atoms with Crippen LogP contribution >= 0.6 is 0 Å². The molecule has 0 saturated carbocycles. The summed E-state index contributed by atoms with van der Waals surface area (Å²) in [7, 11) is 1.48. The Morgan fingerprint density at radius 3 is 2.70 bits per heavy atom. The molecule has 1 unspecified atom stereocenters. The quantitative estimate of drug-likeness (QED) is 0.892. The first-order valence-corrected chi connectivity index (χ1v) is 6.24. The minimum absolute atomic E-state index is 0.0588.